The summed E-state index contributed by atoms with van der Waals surface area (Å²) in [5.74, 6) is 0.464. The van der Waals surface area contributed by atoms with Crippen molar-refractivity contribution in [3.8, 4) is 0 Å². The van der Waals surface area contributed by atoms with E-state index in [0.29, 0.717) is 11.6 Å². The van der Waals surface area contributed by atoms with E-state index in [1.54, 1.807) is 19.0 Å². The fourth-order valence-corrected chi connectivity index (χ4v) is 1.87. The predicted molar refractivity (Wildman–Crippen MR) is 80.4 cm³/mol. The number of carbonyl (C=O) groups is 1. The Morgan fingerprint density at radius 1 is 1.25 bits per heavy atom. The number of nitrogens with one attached hydrogen (secondary N) is 2. The number of anilines is 2. The number of carbonyl (C=O) groups excluding carboxylic acids is 1. The molecule has 11 heteroatoms. The number of alkyl halides is 3. The second-order valence-corrected chi connectivity index (χ2v) is 5.10. The highest BCUT2D eigenvalue weighted by atomic mass is 19.4. The molecule has 2 amide bonds. The number of amides is 2. The van der Waals surface area contributed by atoms with Crippen molar-refractivity contribution in [2.24, 2.45) is 7.05 Å². The molecule has 0 spiro atoms. The van der Waals surface area contributed by atoms with Crippen LogP contribution < -0.4 is 15.5 Å². The average Bonchev–Trinajstić information content (AvgIpc) is 2.87. The van der Waals surface area contributed by atoms with E-state index >= 15 is 0 Å². The molecular weight excluding hydrogens is 327 g/mol. The van der Waals surface area contributed by atoms with Gasteiger partial charge in [-0.15, -0.1) is 0 Å². The average molecular weight is 343 g/mol. The maximum Gasteiger partial charge on any atom is 0.419 e. The van der Waals surface area contributed by atoms with Gasteiger partial charge >= 0.3 is 12.2 Å². The summed E-state index contributed by atoms with van der Waals surface area (Å²) < 4.78 is 39.6. The summed E-state index contributed by atoms with van der Waals surface area (Å²) in [4.78, 5) is 21.5. The molecule has 2 aromatic heterocycles. The van der Waals surface area contributed by atoms with Crippen LogP contribution in [0.2, 0.25) is 0 Å². The maximum absolute atomic E-state index is 12.8. The van der Waals surface area contributed by atoms with Gasteiger partial charge in [-0.05, 0) is 0 Å². The topological polar surface area (TPSA) is 88.0 Å². The van der Waals surface area contributed by atoms with E-state index in [0.717, 1.165) is 10.9 Å². The molecule has 0 saturated heterocycles. The molecule has 24 heavy (non-hydrogen) atoms. The SMILES string of the molecule is CN(C)c1ncc(NC(=O)NCc2c(C(F)(F)F)cnn2C)cn1. The quantitative estimate of drug-likeness (QED) is 0.881. The van der Waals surface area contributed by atoms with E-state index in [-0.39, 0.29) is 12.2 Å². The molecule has 0 bridgehead atoms. The van der Waals surface area contributed by atoms with Gasteiger partial charge in [0.1, 0.15) is 0 Å². The third-order valence-electron chi connectivity index (χ3n) is 3.08. The molecule has 0 aliphatic rings. The third-order valence-corrected chi connectivity index (χ3v) is 3.08. The highest BCUT2D eigenvalue weighted by Crippen LogP contribution is 2.31. The van der Waals surface area contributed by atoms with Crippen molar-refractivity contribution in [2.75, 3.05) is 24.3 Å². The third kappa shape index (κ3) is 4.12. The first-order valence-corrected chi connectivity index (χ1v) is 6.80. The van der Waals surface area contributed by atoms with Gasteiger partial charge in [-0.2, -0.15) is 18.3 Å². The lowest BCUT2D eigenvalue weighted by atomic mass is 10.2. The van der Waals surface area contributed by atoms with E-state index < -0.39 is 17.8 Å². The Morgan fingerprint density at radius 2 is 1.88 bits per heavy atom. The minimum absolute atomic E-state index is 0.142. The molecule has 0 aliphatic carbocycles. The smallest absolute Gasteiger partial charge is 0.347 e. The fourth-order valence-electron chi connectivity index (χ4n) is 1.87. The number of hydrogen-bond acceptors (Lipinski definition) is 5. The summed E-state index contributed by atoms with van der Waals surface area (Å²) in [6.07, 6.45) is -1.01. The molecule has 2 rings (SSSR count). The number of rotatable bonds is 4. The zero-order chi connectivity index (χ0) is 17.9. The fraction of sp³-hybridized carbons (Fsp3) is 0.385. The summed E-state index contributed by atoms with van der Waals surface area (Å²) in [5, 5.41) is 8.36. The molecule has 0 aliphatic heterocycles. The van der Waals surface area contributed by atoms with E-state index in [4.69, 9.17) is 0 Å². The second kappa shape index (κ2) is 6.72. The van der Waals surface area contributed by atoms with Crippen LogP contribution >= 0.6 is 0 Å². The molecule has 2 heterocycles. The minimum atomic E-state index is -4.53. The van der Waals surface area contributed by atoms with Crippen molar-refractivity contribution < 1.29 is 18.0 Å². The van der Waals surface area contributed by atoms with Crippen molar-refractivity contribution in [1.82, 2.24) is 25.1 Å². The van der Waals surface area contributed by atoms with Crippen LogP contribution in [0.3, 0.4) is 0 Å². The normalized spacial score (nSPS) is 11.2. The zero-order valence-electron chi connectivity index (χ0n) is 13.2. The summed E-state index contributed by atoms with van der Waals surface area (Å²) in [5.41, 5.74) is -0.708. The zero-order valence-corrected chi connectivity index (χ0v) is 13.2. The minimum Gasteiger partial charge on any atom is -0.347 e. The van der Waals surface area contributed by atoms with Crippen molar-refractivity contribution in [1.29, 1.82) is 0 Å². The molecule has 0 saturated carbocycles. The molecule has 0 fully saturated rings. The number of halogens is 3. The number of hydrogen-bond donors (Lipinski definition) is 2. The number of aryl methyl sites for hydroxylation is 1. The first-order chi connectivity index (χ1) is 11.2. The standard InChI is InChI=1S/C13H16F3N7O/c1-22(2)11-17-4-8(5-18-11)21-12(24)19-7-10-9(13(14,15)16)6-20-23(10)3/h4-6H,7H2,1-3H3,(H2,19,21,24). The highest BCUT2D eigenvalue weighted by Gasteiger charge is 2.35. The molecule has 0 radical (unpaired) electrons. The van der Waals surface area contributed by atoms with Gasteiger partial charge in [0.25, 0.3) is 0 Å². The van der Waals surface area contributed by atoms with Crippen LogP contribution in [0.25, 0.3) is 0 Å². The lowest BCUT2D eigenvalue weighted by Gasteiger charge is -2.12. The number of aromatic nitrogens is 4. The predicted octanol–water partition coefficient (Wildman–Crippen LogP) is 1.62. The first kappa shape index (κ1) is 17.5. The van der Waals surface area contributed by atoms with Crippen LogP contribution in [0, 0.1) is 0 Å². The van der Waals surface area contributed by atoms with Gasteiger partial charge in [0.2, 0.25) is 5.95 Å². The van der Waals surface area contributed by atoms with Crippen LogP contribution in [-0.4, -0.2) is 39.9 Å². The van der Waals surface area contributed by atoms with Gasteiger partial charge in [-0.25, -0.2) is 14.8 Å². The van der Waals surface area contributed by atoms with Gasteiger partial charge in [0.05, 0.1) is 42.1 Å². The van der Waals surface area contributed by atoms with E-state index in [1.807, 2.05) is 0 Å². The Balaban J connectivity index is 1.98. The van der Waals surface area contributed by atoms with Crippen LogP contribution in [0.5, 0.6) is 0 Å². The molecule has 130 valence electrons. The van der Waals surface area contributed by atoms with Gasteiger partial charge in [0.15, 0.2) is 0 Å². The van der Waals surface area contributed by atoms with E-state index in [9.17, 15) is 18.0 Å². The Hall–Kier alpha value is -2.85. The Morgan fingerprint density at radius 3 is 2.42 bits per heavy atom. The van der Waals surface area contributed by atoms with Crippen molar-refractivity contribution >= 4 is 17.7 Å². The number of urea groups is 1. The number of nitrogens with zero attached hydrogens (tertiary/aromatic N) is 5. The van der Waals surface area contributed by atoms with Gasteiger partial charge in [0, 0.05) is 21.1 Å². The van der Waals surface area contributed by atoms with Gasteiger partial charge < -0.3 is 15.5 Å². The lowest BCUT2D eigenvalue weighted by molar-refractivity contribution is -0.138. The summed E-state index contributed by atoms with van der Waals surface area (Å²) >= 11 is 0. The monoisotopic (exact) mass is 343 g/mol. The lowest BCUT2D eigenvalue weighted by Crippen LogP contribution is -2.30. The molecular formula is C13H16F3N7O. The summed E-state index contributed by atoms with van der Waals surface area (Å²) in [6, 6.07) is -0.675. The highest BCUT2D eigenvalue weighted by molar-refractivity contribution is 5.88. The van der Waals surface area contributed by atoms with E-state index in [2.05, 4.69) is 25.7 Å². The van der Waals surface area contributed by atoms with Crippen molar-refractivity contribution in [3.05, 3.63) is 29.8 Å². The molecule has 0 aromatic carbocycles. The first-order valence-electron chi connectivity index (χ1n) is 6.80. The van der Waals surface area contributed by atoms with Crippen LogP contribution in [0.4, 0.5) is 29.6 Å². The van der Waals surface area contributed by atoms with Crippen molar-refractivity contribution in [2.45, 2.75) is 12.7 Å². The van der Waals surface area contributed by atoms with Crippen molar-refractivity contribution in [3.63, 3.8) is 0 Å². The van der Waals surface area contributed by atoms with Crippen LogP contribution in [0.15, 0.2) is 18.6 Å². The summed E-state index contributed by atoms with van der Waals surface area (Å²) in [7, 11) is 4.90. The van der Waals surface area contributed by atoms with Gasteiger partial charge in [-0.3, -0.25) is 4.68 Å². The Kier molecular flexibility index (Phi) is 4.90. The molecule has 8 nitrogen and oxygen atoms in total. The largest absolute Gasteiger partial charge is 0.419 e. The Bertz CT molecular complexity index is 709. The maximum atomic E-state index is 12.8. The second-order valence-electron chi connectivity index (χ2n) is 5.10. The molecule has 0 atom stereocenters. The molecule has 0 unspecified atom stereocenters. The molecule has 2 N–H and O–H groups in total. The molecule has 2 aromatic rings. The van der Waals surface area contributed by atoms with Crippen LogP contribution in [0.1, 0.15) is 11.3 Å². The van der Waals surface area contributed by atoms with E-state index in [1.165, 1.54) is 19.4 Å². The van der Waals surface area contributed by atoms with Crippen LogP contribution in [-0.2, 0) is 19.8 Å². The van der Waals surface area contributed by atoms with Gasteiger partial charge in [-0.1, -0.05) is 0 Å². The summed E-state index contributed by atoms with van der Waals surface area (Å²) in [6.45, 7) is -0.326. The Labute approximate surface area is 135 Å².